The van der Waals surface area contributed by atoms with Gasteiger partial charge >= 0.3 is 12.5 Å². The van der Waals surface area contributed by atoms with Crippen LogP contribution in [-0.2, 0) is 6.18 Å². The van der Waals surface area contributed by atoms with Gasteiger partial charge in [-0.25, -0.2) is 4.98 Å². The van der Waals surface area contributed by atoms with Crippen molar-refractivity contribution in [2.45, 2.75) is 38.8 Å². The Hall–Kier alpha value is -2.43. The van der Waals surface area contributed by atoms with Crippen molar-refractivity contribution in [2.75, 3.05) is 10.6 Å². The van der Waals surface area contributed by atoms with E-state index in [0.29, 0.717) is 6.07 Å². The Kier molecular flexibility index (Phi) is 5.88. The van der Waals surface area contributed by atoms with Crippen molar-refractivity contribution in [3.63, 3.8) is 0 Å². The monoisotopic (exact) mass is 428 g/mol. The maximum atomic E-state index is 13.1. The fourth-order valence-corrected chi connectivity index (χ4v) is 2.20. The van der Waals surface area contributed by atoms with Crippen LogP contribution in [0.2, 0.25) is 5.02 Å². The molecule has 0 saturated heterocycles. The molecule has 0 spiro atoms. The van der Waals surface area contributed by atoms with Gasteiger partial charge in [0.25, 0.3) is 0 Å². The number of anilines is 3. The average Bonchev–Trinajstić information content (AvgIpc) is 2.46. The number of ether oxygens (including phenoxy) is 1. The third kappa shape index (κ3) is 6.63. The number of benzene rings is 1. The van der Waals surface area contributed by atoms with Crippen LogP contribution in [0.4, 0.5) is 43.8 Å². The Balaban J connectivity index is 2.34. The van der Waals surface area contributed by atoms with E-state index in [-0.39, 0.29) is 22.5 Å². The van der Waals surface area contributed by atoms with Crippen molar-refractivity contribution in [3.05, 3.63) is 35.0 Å². The molecule has 0 aliphatic heterocycles. The first-order valence-corrected chi connectivity index (χ1v) is 8.07. The van der Waals surface area contributed by atoms with Crippen LogP contribution in [0, 0.1) is 0 Å². The van der Waals surface area contributed by atoms with Crippen LogP contribution in [0.1, 0.15) is 26.5 Å². The predicted octanol–water partition coefficient (Wildman–Crippen LogP) is 6.00. The van der Waals surface area contributed by atoms with Crippen molar-refractivity contribution in [1.82, 2.24) is 9.97 Å². The molecule has 2 N–H and O–H groups in total. The summed E-state index contributed by atoms with van der Waals surface area (Å²) >= 11 is 5.73. The Morgan fingerprint density at radius 1 is 0.964 bits per heavy atom. The molecule has 0 atom stereocenters. The van der Waals surface area contributed by atoms with Crippen LogP contribution in [0.25, 0.3) is 0 Å². The third-order valence-electron chi connectivity index (χ3n) is 2.93. The number of rotatable bonds is 4. The minimum Gasteiger partial charge on any atom is -0.404 e. The molecule has 0 unspecified atom stereocenters. The Labute approximate surface area is 161 Å². The summed E-state index contributed by atoms with van der Waals surface area (Å²) in [5, 5.41) is 4.91. The van der Waals surface area contributed by atoms with Gasteiger partial charge in [0, 0.05) is 17.3 Å². The highest BCUT2D eigenvalue weighted by Crippen LogP contribution is 2.34. The number of hydrogen-bond acceptors (Lipinski definition) is 5. The summed E-state index contributed by atoms with van der Waals surface area (Å²) in [6.45, 7) is 5.13. The highest BCUT2D eigenvalue weighted by Gasteiger charge is 2.34. The molecular formula is C16H15ClF6N4O. The molecule has 28 heavy (non-hydrogen) atoms. The van der Waals surface area contributed by atoms with Crippen LogP contribution >= 0.6 is 11.6 Å². The van der Waals surface area contributed by atoms with Crippen LogP contribution in [-0.4, -0.2) is 21.9 Å². The quantitative estimate of drug-likeness (QED) is 0.585. The summed E-state index contributed by atoms with van der Waals surface area (Å²) in [6, 6.07) is 3.81. The summed E-state index contributed by atoms with van der Waals surface area (Å²) < 4.78 is 79.9. The first-order chi connectivity index (χ1) is 12.6. The summed E-state index contributed by atoms with van der Waals surface area (Å²) in [5.74, 6) is -1.14. The van der Waals surface area contributed by atoms with Gasteiger partial charge in [-0.05, 0) is 39.0 Å². The minimum absolute atomic E-state index is 0.105. The lowest BCUT2D eigenvalue weighted by Crippen LogP contribution is -2.28. The number of hydrogen-bond donors (Lipinski definition) is 2. The van der Waals surface area contributed by atoms with Gasteiger partial charge in [-0.15, -0.1) is 13.2 Å². The van der Waals surface area contributed by atoms with Crippen LogP contribution in [0.5, 0.6) is 5.75 Å². The van der Waals surface area contributed by atoms with Gasteiger partial charge in [-0.2, -0.15) is 18.2 Å². The van der Waals surface area contributed by atoms with Crippen molar-refractivity contribution in [2.24, 2.45) is 0 Å². The fraction of sp³-hybridized carbons (Fsp3) is 0.375. The van der Waals surface area contributed by atoms with Crippen LogP contribution in [0.3, 0.4) is 0 Å². The molecule has 0 amide bonds. The van der Waals surface area contributed by atoms with Crippen molar-refractivity contribution >= 4 is 29.1 Å². The van der Waals surface area contributed by atoms with Gasteiger partial charge < -0.3 is 15.4 Å². The summed E-state index contributed by atoms with van der Waals surface area (Å²) in [4.78, 5) is 7.40. The molecule has 2 rings (SSSR count). The lowest BCUT2D eigenvalue weighted by molar-refractivity contribution is -0.274. The number of nitrogens with one attached hydrogen (secondary N) is 2. The molecular weight excluding hydrogens is 414 g/mol. The molecule has 1 aromatic carbocycles. The molecule has 12 heteroatoms. The topological polar surface area (TPSA) is 59.1 Å². The van der Waals surface area contributed by atoms with E-state index in [9.17, 15) is 26.3 Å². The molecule has 0 bridgehead atoms. The fourth-order valence-electron chi connectivity index (χ4n) is 1.98. The lowest BCUT2D eigenvalue weighted by atomic mass is 10.1. The van der Waals surface area contributed by atoms with Crippen molar-refractivity contribution in [3.8, 4) is 5.75 Å². The molecule has 1 aromatic heterocycles. The summed E-state index contributed by atoms with van der Waals surface area (Å²) in [7, 11) is 0. The van der Waals surface area contributed by atoms with Gasteiger partial charge in [-0.1, -0.05) is 11.6 Å². The number of alkyl halides is 6. The summed E-state index contributed by atoms with van der Waals surface area (Å²) in [5.41, 5.74) is -1.70. The predicted molar refractivity (Wildman–Crippen MR) is 91.8 cm³/mol. The lowest BCUT2D eigenvalue weighted by Gasteiger charge is -2.21. The molecule has 5 nitrogen and oxygen atoms in total. The van der Waals surface area contributed by atoms with Gasteiger partial charge in [0.2, 0.25) is 5.95 Å². The second kappa shape index (κ2) is 7.53. The van der Waals surface area contributed by atoms with Crippen molar-refractivity contribution < 1.29 is 31.1 Å². The minimum atomic E-state index is -4.93. The number of aromatic nitrogens is 2. The zero-order chi connectivity index (χ0) is 21.3. The van der Waals surface area contributed by atoms with E-state index in [1.165, 1.54) is 0 Å². The summed E-state index contributed by atoms with van der Waals surface area (Å²) in [6.07, 6.45) is -9.66. The van der Waals surface area contributed by atoms with E-state index in [4.69, 9.17) is 11.6 Å². The SMILES string of the molecule is CC(C)(C)Nc1nc(Nc2ccc(OC(F)(F)F)c(Cl)c2)cc(C(F)(F)F)n1. The molecule has 0 aliphatic carbocycles. The smallest absolute Gasteiger partial charge is 0.404 e. The number of halogens is 7. The van der Waals surface area contributed by atoms with Gasteiger partial charge in [-0.3, -0.25) is 0 Å². The second-order valence-corrected chi connectivity index (χ2v) is 7.06. The normalized spacial score (nSPS) is 12.6. The third-order valence-corrected chi connectivity index (χ3v) is 3.23. The Bertz CT molecular complexity index is 848. The average molecular weight is 429 g/mol. The first kappa shape index (κ1) is 21.9. The zero-order valence-corrected chi connectivity index (χ0v) is 15.5. The molecule has 154 valence electrons. The Morgan fingerprint density at radius 3 is 2.11 bits per heavy atom. The molecule has 0 saturated carbocycles. The van der Waals surface area contributed by atoms with E-state index in [1.54, 1.807) is 20.8 Å². The van der Waals surface area contributed by atoms with Crippen LogP contribution in [0.15, 0.2) is 24.3 Å². The molecule has 0 radical (unpaired) electrons. The van der Waals surface area contributed by atoms with Gasteiger partial charge in [0.05, 0.1) is 5.02 Å². The van der Waals surface area contributed by atoms with E-state index < -0.39 is 29.5 Å². The highest BCUT2D eigenvalue weighted by atomic mass is 35.5. The maximum Gasteiger partial charge on any atom is 0.573 e. The molecule has 0 aliphatic rings. The standard InChI is InChI=1S/C16H15ClF6N4O/c1-14(2,3)27-13-25-11(15(18,19)20)7-12(26-13)24-8-4-5-10(9(17)6-8)28-16(21,22)23/h4-7H,1-3H3,(H2,24,25,26,27). The highest BCUT2D eigenvalue weighted by molar-refractivity contribution is 6.32. The van der Waals surface area contributed by atoms with E-state index >= 15 is 0 Å². The molecule has 2 aromatic rings. The maximum absolute atomic E-state index is 13.1. The van der Waals surface area contributed by atoms with Crippen LogP contribution < -0.4 is 15.4 Å². The zero-order valence-electron chi connectivity index (χ0n) is 14.8. The first-order valence-electron chi connectivity index (χ1n) is 7.69. The van der Waals surface area contributed by atoms with E-state index in [2.05, 4.69) is 25.3 Å². The molecule has 1 heterocycles. The van der Waals surface area contributed by atoms with Gasteiger partial charge in [0.15, 0.2) is 5.69 Å². The Morgan fingerprint density at radius 2 is 1.61 bits per heavy atom. The molecule has 0 fully saturated rings. The number of nitrogens with zero attached hydrogens (tertiary/aromatic N) is 2. The van der Waals surface area contributed by atoms with E-state index in [0.717, 1.165) is 18.2 Å². The van der Waals surface area contributed by atoms with Gasteiger partial charge in [0.1, 0.15) is 11.6 Å². The van der Waals surface area contributed by atoms with E-state index in [1.807, 2.05) is 0 Å². The largest absolute Gasteiger partial charge is 0.573 e. The van der Waals surface area contributed by atoms with Crippen molar-refractivity contribution in [1.29, 1.82) is 0 Å². The second-order valence-electron chi connectivity index (χ2n) is 6.65.